The Labute approximate surface area is 60.4 Å². The van der Waals surface area contributed by atoms with Gasteiger partial charge in [0.2, 0.25) is 0 Å². The summed E-state index contributed by atoms with van der Waals surface area (Å²) in [5, 5.41) is 0. The molecule has 0 atom stereocenters. The molecule has 0 aliphatic carbocycles. The van der Waals surface area contributed by atoms with Crippen LogP contribution in [0, 0.1) is 6.92 Å². The van der Waals surface area contributed by atoms with E-state index in [1.54, 1.807) is 0 Å². The third-order valence-electron chi connectivity index (χ3n) is 0.352. The molecule has 0 amide bonds. The Kier molecular flexibility index (Phi) is 9.29. The molecule has 0 bridgehead atoms. The van der Waals surface area contributed by atoms with E-state index in [9.17, 15) is 4.79 Å². The molecule has 31 valence electrons. The van der Waals surface area contributed by atoms with Crippen LogP contribution in [0.5, 0.6) is 0 Å². The second-order valence-corrected chi connectivity index (χ2v) is 0.952. The van der Waals surface area contributed by atoms with Crippen molar-refractivity contribution in [2.45, 2.75) is 13.3 Å². The molecule has 0 spiro atoms. The number of hydrogen-bond acceptors (Lipinski definition) is 1. The van der Waals surface area contributed by atoms with E-state index < -0.39 is 0 Å². The number of carbonyl (C=O) groups is 1. The molecule has 0 heterocycles. The van der Waals surface area contributed by atoms with E-state index in [1.165, 1.54) is 6.92 Å². The summed E-state index contributed by atoms with van der Waals surface area (Å²) in [5.74, 6) is 0.144. The van der Waals surface area contributed by atoms with Gasteiger partial charge >= 0.3 is 29.6 Å². The average molecular weight is 95.1 g/mol. The van der Waals surface area contributed by atoms with Crippen LogP contribution >= 0.6 is 0 Å². The van der Waals surface area contributed by atoms with Gasteiger partial charge in [-0.25, -0.2) is 0 Å². The van der Waals surface area contributed by atoms with E-state index in [1.807, 2.05) is 0 Å². The zero-order chi connectivity index (χ0) is 4.28. The van der Waals surface area contributed by atoms with Crippen LogP contribution in [-0.4, -0.2) is 35.3 Å². The standard InChI is InChI=1S/C4H7O.Na.H/c1-3-4(2)5;;/h1,3H2,2H3;;. The molecule has 0 aliphatic rings. The number of hydrogen-bond donors (Lipinski definition) is 0. The molecule has 6 heavy (non-hydrogen) atoms. The summed E-state index contributed by atoms with van der Waals surface area (Å²) in [4.78, 5) is 9.75. The molecule has 0 saturated heterocycles. The molecular formula is C4H8NaO. The molecule has 1 nitrogen and oxygen atoms in total. The van der Waals surface area contributed by atoms with Gasteiger partial charge in [-0.2, -0.15) is 0 Å². The summed E-state index contributed by atoms with van der Waals surface area (Å²) in [6, 6.07) is 0. The van der Waals surface area contributed by atoms with Gasteiger partial charge in [-0.15, -0.1) is 0 Å². The van der Waals surface area contributed by atoms with Crippen LogP contribution in [-0.2, 0) is 4.79 Å². The molecule has 0 aromatic carbocycles. The SMILES string of the molecule is [CH2]CC(C)=O.[NaH]. The normalized spacial score (nSPS) is 6.33. The fourth-order valence-corrected chi connectivity index (χ4v) is 0. The van der Waals surface area contributed by atoms with Crippen molar-refractivity contribution < 1.29 is 4.79 Å². The quantitative estimate of drug-likeness (QED) is 0.424. The summed E-state index contributed by atoms with van der Waals surface area (Å²) in [5.41, 5.74) is 0. The minimum absolute atomic E-state index is 0. The molecule has 1 radical (unpaired) electrons. The zero-order valence-electron chi connectivity index (χ0n) is 3.32. The molecule has 0 saturated carbocycles. The van der Waals surface area contributed by atoms with Crippen LogP contribution in [0.2, 0.25) is 0 Å². The molecule has 0 aliphatic heterocycles. The summed E-state index contributed by atoms with van der Waals surface area (Å²) in [7, 11) is 0. The Hall–Kier alpha value is 0.670. The van der Waals surface area contributed by atoms with Crippen LogP contribution < -0.4 is 0 Å². The first-order valence-electron chi connectivity index (χ1n) is 1.56. The van der Waals surface area contributed by atoms with Crippen molar-refractivity contribution in [3.8, 4) is 0 Å². The van der Waals surface area contributed by atoms with Gasteiger partial charge in [-0.3, -0.25) is 0 Å². The van der Waals surface area contributed by atoms with Gasteiger partial charge < -0.3 is 4.79 Å². The second-order valence-electron chi connectivity index (χ2n) is 0.952. The van der Waals surface area contributed by atoms with Crippen molar-refractivity contribution >= 4 is 35.3 Å². The fraction of sp³-hybridized carbons (Fsp3) is 0.500. The predicted octanol–water partition coefficient (Wildman–Crippen LogP) is 0.151. The molecule has 0 rings (SSSR count). The first kappa shape index (κ1) is 9.83. The number of ketones is 1. The maximum absolute atomic E-state index is 9.75. The third kappa shape index (κ3) is 8.82. The van der Waals surface area contributed by atoms with E-state index in [4.69, 9.17) is 0 Å². The molecule has 0 N–H and O–H groups in total. The molecular weight excluding hydrogens is 87.0 g/mol. The van der Waals surface area contributed by atoms with Gasteiger partial charge in [0.15, 0.2) is 0 Å². The van der Waals surface area contributed by atoms with Crippen LogP contribution in [0.25, 0.3) is 0 Å². The Bertz CT molecular complexity index is 42.8. The second kappa shape index (κ2) is 5.67. The van der Waals surface area contributed by atoms with Crippen molar-refractivity contribution in [3.05, 3.63) is 6.92 Å². The number of rotatable bonds is 1. The van der Waals surface area contributed by atoms with Crippen molar-refractivity contribution in [3.63, 3.8) is 0 Å². The topological polar surface area (TPSA) is 17.1 Å². The van der Waals surface area contributed by atoms with Crippen LogP contribution in [0.1, 0.15) is 13.3 Å². The van der Waals surface area contributed by atoms with Crippen molar-refractivity contribution in [1.82, 2.24) is 0 Å². The minimum atomic E-state index is 0. The van der Waals surface area contributed by atoms with Crippen LogP contribution in [0.15, 0.2) is 0 Å². The van der Waals surface area contributed by atoms with Crippen molar-refractivity contribution in [2.24, 2.45) is 0 Å². The van der Waals surface area contributed by atoms with E-state index in [2.05, 4.69) is 6.92 Å². The predicted molar refractivity (Wildman–Crippen MR) is 27.8 cm³/mol. The van der Waals surface area contributed by atoms with Gasteiger partial charge in [0.1, 0.15) is 5.78 Å². The first-order chi connectivity index (χ1) is 2.27. The Morgan fingerprint density at radius 2 is 2.00 bits per heavy atom. The Morgan fingerprint density at radius 1 is 1.83 bits per heavy atom. The molecule has 0 aromatic heterocycles. The van der Waals surface area contributed by atoms with Gasteiger partial charge in [-0.05, 0) is 13.8 Å². The van der Waals surface area contributed by atoms with E-state index in [0.717, 1.165) is 0 Å². The van der Waals surface area contributed by atoms with Gasteiger partial charge in [-0.1, -0.05) is 0 Å². The first-order valence-corrected chi connectivity index (χ1v) is 1.56. The van der Waals surface area contributed by atoms with Gasteiger partial charge in [0.05, 0.1) is 0 Å². The average Bonchev–Trinajstić information content (AvgIpc) is 1.38. The summed E-state index contributed by atoms with van der Waals surface area (Å²) in [6.45, 7) is 4.86. The van der Waals surface area contributed by atoms with Gasteiger partial charge in [0.25, 0.3) is 0 Å². The molecule has 0 unspecified atom stereocenters. The molecule has 2 heteroatoms. The van der Waals surface area contributed by atoms with E-state index >= 15 is 0 Å². The van der Waals surface area contributed by atoms with Crippen LogP contribution in [0.4, 0.5) is 0 Å². The Morgan fingerprint density at radius 3 is 2.00 bits per heavy atom. The van der Waals surface area contributed by atoms with E-state index in [0.29, 0.717) is 6.42 Å². The maximum atomic E-state index is 9.75. The Balaban J connectivity index is 0. The van der Waals surface area contributed by atoms with Crippen LogP contribution in [0.3, 0.4) is 0 Å². The fourth-order valence-electron chi connectivity index (χ4n) is 0. The molecule has 0 aromatic rings. The number of carbonyl (C=O) groups excluding carboxylic acids is 1. The summed E-state index contributed by atoms with van der Waals surface area (Å²) in [6.07, 6.45) is 0.417. The molecule has 0 fully saturated rings. The summed E-state index contributed by atoms with van der Waals surface area (Å²) < 4.78 is 0. The zero-order valence-corrected chi connectivity index (χ0v) is 3.32. The number of Topliss-reactive ketones (excluding diaryl/α,β-unsaturated/α-hetero) is 1. The van der Waals surface area contributed by atoms with Crippen molar-refractivity contribution in [2.75, 3.05) is 0 Å². The van der Waals surface area contributed by atoms with E-state index in [-0.39, 0.29) is 35.3 Å². The monoisotopic (exact) mass is 95.0 g/mol. The van der Waals surface area contributed by atoms with Crippen molar-refractivity contribution in [1.29, 1.82) is 0 Å². The van der Waals surface area contributed by atoms with Gasteiger partial charge in [0, 0.05) is 6.42 Å². The summed E-state index contributed by atoms with van der Waals surface area (Å²) >= 11 is 0. The third-order valence-corrected chi connectivity index (χ3v) is 0.352.